The number of hydrogen-bond donors (Lipinski definition) is 0. The molecule has 0 saturated carbocycles. The molecule has 17 heavy (non-hydrogen) atoms. The highest BCUT2D eigenvalue weighted by Gasteiger charge is 2.20. The fourth-order valence-corrected chi connectivity index (χ4v) is 2.87. The standard InChI is InChI=1S/C12H14N4S/c1-2-15-8-16-11(10-6-4-3-5-7-10)13-14-12(16)17-9-15/h3-7H,2,8-9H2,1H3. The van der Waals surface area contributed by atoms with Crippen molar-refractivity contribution in [2.45, 2.75) is 18.7 Å². The zero-order chi connectivity index (χ0) is 11.7. The molecule has 1 aromatic carbocycles. The molecule has 1 aliphatic heterocycles. The van der Waals surface area contributed by atoms with Gasteiger partial charge in [-0.1, -0.05) is 49.0 Å². The van der Waals surface area contributed by atoms with Gasteiger partial charge in [-0.2, -0.15) is 0 Å². The molecule has 0 unspecified atom stereocenters. The van der Waals surface area contributed by atoms with Crippen molar-refractivity contribution in [3.63, 3.8) is 0 Å². The summed E-state index contributed by atoms with van der Waals surface area (Å²) in [6.07, 6.45) is 0. The van der Waals surface area contributed by atoms with Gasteiger partial charge in [-0.25, -0.2) is 0 Å². The molecule has 5 heteroatoms. The molecule has 0 aliphatic carbocycles. The van der Waals surface area contributed by atoms with Crippen molar-refractivity contribution < 1.29 is 0 Å². The quantitative estimate of drug-likeness (QED) is 0.814. The molecule has 0 radical (unpaired) electrons. The first kappa shape index (κ1) is 10.8. The normalized spacial score (nSPS) is 15.8. The van der Waals surface area contributed by atoms with Crippen LogP contribution < -0.4 is 0 Å². The number of benzene rings is 1. The van der Waals surface area contributed by atoms with Crippen LogP contribution in [0, 0.1) is 0 Å². The first-order chi connectivity index (χ1) is 8.38. The Morgan fingerprint density at radius 1 is 1.24 bits per heavy atom. The summed E-state index contributed by atoms with van der Waals surface area (Å²) in [6, 6.07) is 10.2. The van der Waals surface area contributed by atoms with Crippen molar-refractivity contribution in [1.29, 1.82) is 0 Å². The molecule has 0 fully saturated rings. The maximum atomic E-state index is 4.30. The molecular weight excluding hydrogens is 232 g/mol. The van der Waals surface area contributed by atoms with Crippen LogP contribution in [0.2, 0.25) is 0 Å². The van der Waals surface area contributed by atoms with Crippen LogP contribution in [0.3, 0.4) is 0 Å². The van der Waals surface area contributed by atoms with Gasteiger partial charge in [-0.05, 0) is 6.54 Å². The van der Waals surface area contributed by atoms with Crippen molar-refractivity contribution in [1.82, 2.24) is 19.7 Å². The van der Waals surface area contributed by atoms with Gasteiger partial charge in [0.1, 0.15) is 0 Å². The second-order valence-corrected chi connectivity index (χ2v) is 4.91. The van der Waals surface area contributed by atoms with Gasteiger partial charge in [0.2, 0.25) is 0 Å². The molecule has 0 N–H and O–H groups in total. The Bertz CT molecular complexity index is 508. The fraction of sp³-hybridized carbons (Fsp3) is 0.333. The van der Waals surface area contributed by atoms with E-state index in [0.29, 0.717) is 0 Å². The fourth-order valence-electron chi connectivity index (χ4n) is 1.90. The van der Waals surface area contributed by atoms with E-state index in [0.717, 1.165) is 35.6 Å². The molecule has 88 valence electrons. The summed E-state index contributed by atoms with van der Waals surface area (Å²) in [6.45, 7) is 4.12. The largest absolute Gasteiger partial charge is 0.288 e. The van der Waals surface area contributed by atoms with Gasteiger partial charge in [0, 0.05) is 5.56 Å². The first-order valence-corrected chi connectivity index (χ1v) is 6.71. The van der Waals surface area contributed by atoms with Crippen LogP contribution in [0.5, 0.6) is 0 Å². The van der Waals surface area contributed by atoms with Gasteiger partial charge in [-0.3, -0.25) is 9.47 Å². The highest BCUT2D eigenvalue weighted by Crippen LogP contribution is 2.28. The maximum absolute atomic E-state index is 4.30. The Hall–Kier alpha value is -1.33. The molecule has 0 saturated heterocycles. The van der Waals surface area contributed by atoms with Crippen molar-refractivity contribution in [2.24, 2.45) is 0 Å². The lowest BCUT2D eigenvalue weighted by molar-refractivity contribution is 0.252. The molecule has 2 aromatic rings. The summed E-state index contributed by atoms with van der Waals surface area (Å²) in [7, 11) is 0. The summed E-state index contributed by atoms with van der Waals surface area (Å²) in [5.74, 6) is 1.97. The molecule has 4 nitrogen and oxygen atoms in total. The summed E-state index contributed by atoms with van der Waals surface area (Å²) in [5.41, 5.74) is 1.13. The summed E-state index contributed by atoms with van der Waals surface area (Å²) >= 11 is 1.75. The van der Waals surface area contributed by atoms with E-state index in [4.69, 9.17) is 0 Å². The average molecular weight is 246 g/mol. The van der Waals surface area contributed by atoms with Gasteiger partial charge in [-0.15, -0.1) is 10.2 Å². The topological polar surface area (TPSA) is 34.0 Å². The minimum Gasteiger partial charge on any atom is -0.288 e. The minimum atomic E-state index is 0.885. The Balaban J connectivity index is 2.00. The molecule has 2 heterocycles. The average Bonchev–Trinajstić information content (AvgIpc) is 2.82. The van der Waals surface area contributed by atoms with Crippen LogP contribution >= 0.6 is 11.8 Å². The smallest absolute Gasteiger partial charge is 0.193 e. The summed E-state index contributed by atoms with van der Waals surface area (Å²) < 4.78 is 2.19. The Morgan fingerprint density at radius 3 is 2.82 bits per heavy atom. The SMILES string of the molecule is CCN1CSc2nnc(-c3ccccc3)n2C1. The van der Waals surface area contributed by atoms with Crippen LogP contribution in [-0.2, 0) is 6.67 Å². The van der Waals surface area contributed by atoms with E-state index in [-0.39, 0.29) is 0 Å². The number of aromatic nitrogens is 3. The molecule has 0 amide bonds. The summed E-state index contributed by atoms with van der Waals surface area (Å²) in [4.78, 5) is 2.37. The lowest BCUT2D eigenvalue weighted by Gasteiger charge is -2.26. The molecule has 0 atom stereocenters. The maximum Gasteiger partial charge on any atom is 0.193 e. The molecule has 1 aromatic heterocycles. The van der Waals surface area contributed by atoms with Crippen molar-refractivity contribution in [3.05, 3.63) is 30.3 Å². The van der Waals surface area contributed by atoms with Crippen LogP contribution in [0.4, 0.5) is 0 Å². The number of nitrogens with zero attached hydrogens (tertiary/aromatic N) is 4. The zero-order valence-corrected chi connectivity index (χ0v) is 10.5. The van der Waals surface area contributed by atoms with E-state index in [1.807, 2.05) is 18.2 Å². The second kappa shape index (κ2) is 4.50. The van der Waals surface area contributed by atoms with Crippen LogP contribution in [0.15, 0.2) is 35.5 Å². The Labute approximate surface area is 105 Å². The van der Waals surface area contributed by atoms with Crippen LogP contribution in [0.25, 0.3) is 11.4 Å². The highest BCUT2D eigenvalue weighted by atomic mass is 32.2. The van der Waals surface area contributed by atoms with E-state index >= 15 is 0 Å². The van der Waals surface area contributed by atoms with Crippen LogP contribution in [0.1, 0.15) is 6.92 Å². The zero-order valence-electron chi connectivity index (χ0n) is 9.71. The third-order valence-electron chi connectivity index (χ3n) is 2.91. The van der Waals surface area contributed by atoms with E-state index in [2.05, 4.69) is 38.7 Å². The van der Waals surface area contributed by atoms with Gasteiger partial charge in [0.25, 0.3) is 0 Å². The number of thioether (sulfide) groups is 1. The van der Waals surface area contributed by atoms with Crippen molar-refractivity contribution in [2.75, 3.05) is 12.4 Å². The lowest BCUT2D eigenvalue weighted by atomic mass is 10.2. The molecule has 0 spiro atoms. The predicted octanol–water partition coefficient (Wildman–Crippen LogP) is 2.29. The van der Waals surface area contributed by atoms with Gasteiger partial charge in [0.15, 0.2) is 11.0 Å². The van der Waals surface area contributed by atoms with Crippen molar-refractivity contribution in [3.8, 4) is 11.4 Å². The van der Waals surface area contributed by atoms with Crippen molar-refractivity contribution >= 4 is 11.8 Å². The minimum absolute atomic E-state index is 0.885. The third-order valence-corrected chi connectivity index (χ3v) is 3.97. The van der Waals surface area contributed by atoms with E-state index in [1.165, 1.54) is 0 Å². The third kappa shape index (κ3) is 1.96. The van der Waals surface area contributed by atoms with E-state index in [9.17, 15) is 0 Å². The first-order valence-electron chi connectivity index (χ1n) is 5.72. The predicted molar refractivity (Wildman–Crippen MR) is 68.6 cm³/mol. The highest BCUT2D eigenvalue weighted by molar-refractivity contribution is 7.99. The van der Waals surface area contributed by atoms with Gasteiger partial charge in [0.05, 0.1) is 12.5 Å². The lowest BCUT2D eigenvalue weighted by Crippen LogP contribution is -2.30. The van der Waals surface area contributed by atoms with Gasteiger partial charge >= 0.3 is 0 Å². The number of fused-ring (bicyclic) bond motifs is 1. The molecule has 0 bridgehead atoms. The molecular formula is C12H14N4S. The number of rotatable bonds is 2. The van der Waals surface area contributed by atoms with E-state index in [1.54, 1.807) is 11.8 Å². The number of hydrogen-bond acceptors (Lipinski definition) is 4. The van der Waals surface area contributed by atoms with Gasteiger partial charge < -0.3 is 0 Å². The second-order valence-electron chi connectivity index (χ2n) is 4.00. The Morgan fingerprint density at radius 2 is 2.06 bits per heavy atom. The Kier molecular flexibility index (Phi) is 2.86. The molecule has 3 rings (SSSR count). The van der Waals surface area contributed by atoms with Crippen LogP contribution in [-0.4, -0.2) is 32.1 Å². The molecule has 1 aliphatic rings. The van der Waals surface area contributed by atoms with E-state index < -0.39 is 0 Å². The summed E-state index contributed by atoms with van der Waals surface area (Å²) in [5, 5.41) is 9.58. The monoisotopic (exact) mass is 246 g/mol.